The molecule has 2 aromatic carbocycles. The second-order valence-electron chi connectivity index (χ2n) is 3.63. The molecule has 0 aliphatic rings. The van der Waals surface area contributed by atoms with Crippen molar-refractivity contribution < 1.29 is 0 Å². The highest BCUT2D eigenvalue weighted by Gasteiger charge is 2.10. The zero-order valence-electron chi connectivity index (χ0n) is 8.65. The van der Waals surface area contributed by atoms with Gasteiger partial charge in [-0.2, -0.15) is 0 Å². The highest BCUT2D eigenvalue weighted by molar-refractivity contribution is 9.09. The first-order valence-corrected chi connectivity index (χ1v) is 5.95. The minimum absolute atomic E-state index is 0.292. The van der Waals surface area contributed by atoms with Gasteiger partial charge in [0.2, 0.25) is 0 Å². The van der Waals surface area contributed by atoms with Gasteiger partial charge < -0.3 is 0 Å². The third kappa shape index (κ3) is 2.29. The monoisotopic (exact) mass is 260 g/mol. The molecule has 0 radical (unpaired) electrons. The summed E-state index contributed by atoms with van der Waals surface area (Å²) in [5.41, 5.74) is 3.96. The summed E-state index contributed by atoms with van der Waals surface area (Å²) in [4.78, 5) is 0.292. The Morgan fingerprint density at radius 2 is 1.47 bits per heavy atom. The number of aryl methyl sites for hydroxylation is 1. The normalized spacial score (nSPS) is 12.4. The zero-order valence-corrected chi connectivity index (χ0v) is 10.2. The van der Waals surface area contributed by atoms with E-state index in [1.54, 1.807) is 0 Å². The van der Waals surface area contributed by atoms with Gasteiger partial charge in [-0.15, -0.1) is 0 Å². The number of rotatable bonds is 2. The molecule has 0 saturated heterocycles. The maximum absolute atomic E-state index is 3.74. The third-order valence-corrected chi connectivity index (χ3v) is 3.58. The van der Waals surface area contributed by atoms with Crippen LogP contribution in [0, 0.1) is 6.92 Å². The molecule has 0 fully saturated rings. The van der Waals surface area contributed by atoms with Gasteiger partial charge >= 0.3 is 0 Å². The van der Waals surface area contributed by atoms with E-state index in [1.165, 1.54) is 16.7 Å². The summed E-state index contributed by atoms with van der Waals surface area (Å²) in [6.45, 7) is 2.15. The predicted octanol–water partition coefficient (Wildman–Crippen LogP) is 4.48. The minimum atomic E-state index is 0.292. The first-order chi connectivity index (χ1) is 7.29. The zero-order chi connectivity index (χ0) is 10.7. The fraction of sp³-hybridized carbons (Fsp3) is 0.143. The van der Waals surface area contributed by atoms with E-state index in [9.17, 15) is 0 Å². The number of benzene rings is 2. The standard InChI is InChI=1S/C14H13Br/c1-11-7-5-6-10-13(11)14(15)12-8-3-2-4-9-12/h2-10,14H,1H3. The topological polar surface area (TPSA) is 0 Å². The first kappa shape index (κ1) is 10.4. The Hall–Kier alpha value is -1.08. The van der Waals surface area contributed by atoms with Crippen molar-refractivity contribution in [1.29, 1.82) is 0 Å². The molecule has 0 saturated carbocycles. The van der Waals surface area contributed by atoms with Crippen molar-refractivity contribution >= 4 is 15.9 Å². The molecule has 0 N–H and O–H groups in total. The average Bonchev–Trinajstić information content (AvgIpc) is 2.30. The fourth-order valence-electron chi connectivity index (χ4n) is 1.67. The molecule has 0 nitrogen and oxygen atoms in total. The maximum Gasteiger partial charge on any atom is 0.0647 e. The highest BCUT2D eigenvalue weighted by atomic mass is 79.9. The summed E-state index contributed by atoms with van der Waals surface area (Å²) >= 11 is 3.74. The molecule has 1 unspecified atom stereocenters. The average molecular weight is 261 g/mol. The van der Waals surface area contributed by atoms with Crippen LogP contribution in [0.25, 0.3) is 0 Å². The molecule has 0 bridgehead atoms. The Bertz CT molecular complexity index is 434. The Balaban J connectivity index is 2.37. The molecule has 0 aromatic heterocycles. The maximum atomic E-state index is 3.74. The summed E-state index contributed by atoms with van der Waals surface area (Å²) in [6.07, 6.45) is 0. The number of alkyl halides is 1. The van der Waals surface area contributed by atoms with Crippen molar-refractivity contribution in [1.82, 2.24) is 0 Å². The number of hydrogen-bond donors (Lipinski definition) is 0. The largest absolute Gasteiger partial charge is 0.0786 e. The third-order valence-electron chi connectivity index (χ3n) is 2.55. The second kappa shape index (κ2) is 4.63. The number of hydrogen-bond acceptors (Lipinski definition) is 0. The van der Waals surface area contributed by atoms with Crippen LogP contribution in [0.15, 0.2) is 54.6 Å². The van der Waals surface area contributed by atoms with Crippen LogP contribution in [0.2, 0.25) is 0 Å². The van der Waals surface area contributed by atoms with E-state index >= 15 is 0 Å². The van der Waals surface area contributed by atoms with Gasteiger partial charge in [-0.25, -0.2) is 0 Å². The van der Waals surface area contributed by atoms with Crippen LogP contribution >= 0.6 is 15.9 Å². The number of halogens is 1. The van der Waals surface area contributed by atoms with E-state index < -0.39 is 0 Å². The van der Waals surface area contributed by atoms with Gasteiger partial charge in [-0.05, 0) is 23.6 Å². The molecule has 0 aliphatic carbocycles. The van der Waals surface area contributed by atoms with Crippen LogP contribution in [0.3, 0.4) is 0 Å². The van der Waals surface area contributed by atoms with E-state index in [1.807, 2.05) is 6.07 Å². The molecule has 1 heteroatoms. The lowest BCUT2D eigenvalue weighted by molar-refractivity contribution is 1.14. The lowest BCUT2D eigenvalue weighted by Gasteiger charge is -2.13. The predicted molar refractivity (Wildman–Crippen MR) is 68.4 cm³/mol. The summed E-state index contributed by atoms with van der Waals surface area (Å²) in [5, 5.41) is 0. The molecule has 2 aromatic rings. The van der Waals surface area contributed by atoms with Crippen LogP contribution in [-0.4, -0.2) is 0 Å². The first-order valence-electron chi connectivity index (χ1n) is 5.03. The van der Waals surface area contributed by atoms with Gasteiger partial charge in [0.25, 0.3) is 0 Å². The molecule has 0 amide bonds. The summed E-state index contributed by atoms with van der Waals surface area (Å²) in [7, 11) is 0. The Morgan fingerprint density at radius 3 is 2.13 bits per heavy atom. The van der Waals surface area contributed by atoms with Crippen LogP contribution in [0.4, 0.5) is 0 Å². The second-order valence-corrected chi connectivity index (χ2v) is 4.55. The SMILES string of the molecule is Cc1ccccc1C(Br)c1ccccc1. The van der Waals surface area contributed by atoms with Crippen molar-refractivity contribution in [3.63, 3.8) is 0 Å². The van der Waals surface area contributed by atoms with E-state index in [0.29, 0.717) is 4.83 Å². The van der Waals surface area contributed by atoms with Crippen molar-refractivity contribution in [2.75, 3.05) is 0 Å². The Labute approximate surface area is 99.1 Å². The van der Waals surface area contributed by atoms with E-state index in [2.05, 4.69) is 71.4 Å². The Kier molecular flexibility index (Phi) is 3.22. The van der Waals surface area contributed by atoms with Gasteiger partial charge in [-0.1, -0.05) is 70.5 Å². The van der Waals surface area contributed by atoms with Gasteiger partial charge in [0, 0.05) is 0 Å². The molecule has 0 heterocycles. The van der Waals surface area contributed by atoms with Crippen molar-refractivity contribution in [3.05, 3.63) is 71.3 Å². The van der Waals surface area contributed by atoms with E-state index in [-0.39, 0.29) is 0 Å². The van der Waals surface area contributed by atoms with Gasteiger partial charge in [-0.3, -0.25) is 0 Å². The van der Waals surface area contributed by atoms with Crippen molar-refractivity contribution in [2.24, 2.45) is 0 Å². The Morgan fingerprint density at radius 1 is 0.867 bits per heavy atom. The lowest BCUT2D eigenvalue weighted by Crippen LogP contribution is -1.94. The molecular formula is C14H13Br. The van der Waals surface area contributed by atoms with E-state index in [4.69, 9.17) is 0 Å². The van der Waals surface area contributed by atoms with Crippen LogP contribution in [0.1, 0.15) is 21.5 Å². The van der Waals surface area contributed by atoms with E-state index in [0.717, 1.165) is 0 Å². The van der Waals surface area contributed by atoms with Crippen LogP contribution < -0.4 is 0 Å². The minimum Gasteiger partial charge on any atom is -0.0786 e. The van der Waals surface area contributed by atoms with Gasteiger partial charge in [0.05, 0.1) is 4.83 Å². The van der Waals surface area contributed by atoms with Crippen LogP contribution in [-0.2, 0) is 0 Å². The summed E-state index contributed by atoms with van der Waals surface area (Å²) in [6, 6.07) is 18.9. The van der Waals surface area contributed by atoms with Gasteiger partial charge in [0.1, 0.15) is 0 Å². The lowest BCUT2D eigenvalue weighted by atomic mass is 10.0. The highest BCUT2D eigenvalue weighted by Crippen LogP contribution is 2.32. The van der Waals surface area contributed by atoms with Crippen LogP contribution in [0.5, 0.6) is 0 Å². The van der Waals surface area contributed by atoms with Crippen molar-refractivity contribution in [3.8, 4) is 0 Å². The molecule has 0 aliphatic heterocycles. The molecule has 1 atom stereocenters. The molecule has 76 valence electrons. The molecule has 0 spiro atoms. The van der Waals surface area contributed by atoms with Crippen molar-refractivity contribution in [2.45, 2.75) is 11.8 Å². The quantitative estimate of drug-likeness (QED) is 0.699. The molecule has 15 heavy (non-hydrogen) atoms. The molecule has 2 rings (SSSR count). The fourth-order valence-corrected chi connectivity index (χ4v) is 2.49. The smallest absolute Gasteiger partial charge is 0.0647 e. The molecular weight excluding hydrogens is 248 g/mol. The summed E-state index contributed by atoms with van der Waals surface area (Å²) < 4.78 is 0. The summed E-state index contributed by atoms with van der Waals surface area (Å²) in [5.74, 6) is 0. The van der Waals surface area contributed by atoms with Gasteiger partial charge in [0.15, 0.2) is 0 Å².